The molecule has 0 aliphatic heterocycles. The van der Waals surface area contributed by atoms with Gasteiger partial charge in [0.15, 0.2) is 0 Å². The Kier molecular flexibility index (Phi) is 2.55. The van der Waals surface area contributed by atoms with Gasteiger partial charge >= 0.3 is 0 Å². The molecule has 1 aromatic carbocycles. The van der Waals surface area contributed by atoms with E-state index in [2.05, 4.69) is 11.9 Å². The number of benzene rings is 1. The van der Waals surface area contributed by atoms with Gasteiger partial charge in [0.25, 0.3) is 0 Å². The van der Waals surface area contributed by atoms with Crippen molar-refractivity contribution in [1.29, 1.82) is 0 Å². The zero-order valence-corrected chi connectivity index (χ0v) is 6.25. The van der Waals surface area contributed by atoms with E-state index in [1.54, 1.807) is 18.2 Å². The van der Waals surface area contributed by atoms with E-state index in [1.165, 1.54) is 0 Å². The van der Waals surface area contributed by atoms with Gasteiger partial charge in [-0.3, -0.25) is 0 Å². The van der Waals surface area contributed by atoms with Crippen molar-refractivity contribution in [2.45, 2.75) is 0 Å². The van der Waals surface area contributed by atoms with Crippen LogP contribution in [0.25, 0.3) is 0 Å². The SMILES string of the molecule is C=CCNc1ccccc1O. The minimum atomic E-state index is 0.273. The van der Waals surface area contributed by atoms with Crippen LogP contribution in [0.15, 0.2) is 36.9 Å². The van der Waals surface area contributed by atoms with E-state index in [-0.39, 0.29) is 5.75 Å². The first-order chi connectivity index (χ1) is 5.34. The molecule has 0 bridgehead atoms. The summed E-state index contributed by atoms with van der Waals surface area (Å²) in [5.41, 5.74) is 0.743. The number of hydrogen-bond donors (Lipinski definition) is 2. The average Bonchev–Trinajstić information content (AvgIpc) is 2.03. The highest BCUT2D eigenvalue weighted by molar-refractivity contribution is 5.55. The third kappa shape index (κ3) is 2.00. The van der Waals surface area contributed by atoms with Gasteiger partial charge in [-0.15, -0.1) is 6.58 Å². The minimum absolute atomic E-state index is 0.273. The first kappa shape index (κ1) is 7.66. The lowest BCUT2D eigenvalue weighted by atomic mass is 10.3. The van der Waals surface area contributed by atoms with Crippen molar-refractivity contribution in [3.63, 3.8) is 0 Å². The van der Waals surface area contributed by atoms with E-state index < -0.39 is 0 Å². The summed E-state index contributed by atoms with van der Waals surface area (Å²) < 4.78 is 0. The van der Waals surface area contributed by atoms with Crippen LogP contribution in [0.5, 0.6) is 5.75 Å². The number of anilines is 1. The average molecular weight is 149 g/mol. The lowest BCUT2D eigenvalue weighted by Crippen LogP contribution is -1.96. The zero-order chi connectivity index (χ0) is 8.10. The number of nitrogens with one attached hydrogen (secondary N) is 1. The molecule has 0 aromatic heterocycles. The summed E-state index contributed by atoms with van der Waals surface area (Å²) >= 11 is 0. The summed E-state index contributed by atoms with van der Waals surface area (Å²) in [6.45, 7) is 4.23. The van der Waals surface area contributed by atoms with Gasteiger partial charge in [0.1, 0.15) is 5.75 Å². The Bertz CT molecular complexity index is 245. The Labute approximate surface area is 66.2 Å². The van der Waals surface area contributed by atoms with Crippen LogP contribution in [-0.4, -0.2) is 11.7 Å². The van der Waals surface area contributed by atoms with E-state index >= 15 is 0 Å². The highest BCUT2D eigenvalue weighted by Crippen LogP contribution is 2.20. The Morgan fingerprint density at radius 2 is 2.18 bits per heavy atom. The molecule has 1 rings (SSSR count). The summed E-state index contributed by atoms with van der Waals surface area (Å²) in [4.78, 5) is 0. The van der Waals surface area contributed by atoms with Crippen molar-refractivity contribution in [2.24, 2.45) is 0 Å². The summed E-state index contributed by atoms with van der Waals surface area (Å²) in [7, 11) is 0. The second kappa shape index (κ2) is 3.66. The molecule has 0 heterocycles. The molecule has 11 heavy (non-hydrogen) atoms. The van der Waals surface area contributed by atoms with Crippen LogP contribution in [0.1, 0.15) is 0 Å². The Morgan fingerprint density at radius 3 is 2.82 bits per heavy atom. The second-order valence-corrected chi connectivity index (χ2v) is 2.19. The standard InChI is InChI=1S/C9H11NO/c1-2-7-10-8-5-3-4-6-9(8)11/h2-6,10-11H,1,7H2. The van der Waals surface area contributed by atoms with Crippen LogP contribution < -0.4 is 5.32 Å². The van der Waals surface area contributed by atoms with Crippen LogP contribution in [0.4, 0.5) is 5.69 Å². The molecule has 0 amide bonds. The molecule has 2 nitrogen and oxygen atoms in total. The van der Waals surface area contributed by atoms with Gasteiger partial charge in [-0.2, -0.15) is 0 Å². The fourth-order valence-corrected chi connectivity index (χ4v) is 0.805. The Hall–Kier alpha value is -1.44. The molecule has 0 spiro atoms. The topological polar surface area (TPSA) is 32.3 Å². The molecule has 0 saturated carbocycles. The summed E-state index contributed by atoms with van der Waals surface area (Å²) in [6, 6.07) is 7.11. The van der Waals surface area contributed by atoms with Gasteiger partial charge in [0, 0.05) is 6.54 Å². The molecule has 0 radical (unpaired) electrons. The summed E-state index contributed by atoms with van der Waals surface area (Å²) in [6.07, 6.45) is 1.74. The van der Waals surface area contributed by atoms with Crippen LogP contribution in [0.2, 0.25) is 0 Å². The van der Waals surface area contributed by atoms with Gasteiger partial charge < -0.3 is 10.4 Å². The monoisotopic (exact) mass is 149 g/mol. The van der Waals surface area contributed by atoms with E-state index in [1.807, 2.05) is 12.1 Å². The van der Waals surface area contributed by atoms with Crippen molar-refractivity contribution in [1.82, 2.24) is 0 Å². The molecular formula is C9H11NO. The van der Waals surface area contributed by atoms with Gasteiger partial charge in [-0.05, 0) is 12.1 Å². The second-order valence-electron chi connectivity index (χ2n) is 2.19. The van der Waals surface area contributed by atoms with Crippen molar-refractivity contribution >= 4 is 5.69 Å². The molecular weight excluding hydrogens is 138 g/mol. The van der Waals surface area contributed by atoms with Crippen LogP contribution in [0.3, 0.4) is 0 Å². The van der Waals surface area contributed by atoms with Crippen LogP contribution in [-0.2, 0) is 0 Å². The first-order valence-electron chi connectivity index (χ1n) is 3.47. The fourth-order valence-electron chi connectivity index (χ4n) is 0.805. The Morgan fingerprint density at radius 1 is 1.45 bits per heavy atom. The molecule has 0 unspecified atom stereocenters. The van der Waals surface area contributed by atoms with E-state index in [0.29, 0.717) is 6.54 Å². The number of para-hydroxylation sites is 2. The molecule has 58 valence electrons. The molecule has 0 aliphatic carbocycles. The molecule has 1 aromatic rings. The van der Waals surface area contributed by atoms with E-state index in [9.17, 15) is 5.11 Å². The maximum Gasteiger partial charge on any atom is 0.138 e. The lowest BCUT2D eigenvalue weighted by Gasteiger charge is -2.03. The highest BCUT2D eigenvalue weighted by Gasteiger charge is 1.94. The third-order valence-electron chi connectivity index (χ3n) is 1.34. The van der Waals surface area contributed by atoms with Crippen molar-refractivity contribution in [3.05, 3.63) is 36.9 Å². The predicted molar refractivity (Wildman–Crippen MR) is 46.8 cm³/mol. The molecule has 0 fully saturated rings. The predicted octanol–water partition coefficient (Wildman–Crippen LogP) is 1.99. The van der Waals surface area contributed by atoms with Gasteiger partial charge in [0.2, 0.25) is 0 Å². The largest absolute Gasteiger partial charge is 0.506 e. The lowest BCUT2D eigenvalue weighted by molar-refractivity contribution is 0.477. The number of hydrogen-bond acceptors (Lipinski definition) is 2. The van der Waals surface area contributed by atoms with Crippen LogP contribution >= 0.6 is 0 Å². The van der Waals surface area contributed by atoms with Crippen molar-refractivity contribution < 1.29 is 5.11 Å². The number of phenolic OH excluding ortho intramolecular Hbond substituents is 1. The quantitative estimate of drug-likeness (QED) is 0.509. The van der Waals surface area contributed by atoms with Gasteiger partial charge in [0.05, 0.1) is 5.69 Å². The first-order valence-corrected chi connectivity index (χ1v) is 3.47. The normalized spacial score (nSPS) is 9.09. The number of phenols is 1. The molecule has 0 saturated heterocycles. The minimum Gasteiger partial charge on any atom is -0.506 e. The summed E-state index contributed by atoms with van der Waals surface area (Å²) in [5, 5.41) is 12.2. The third-order valence-corrected chi connectivity index (χ3v) is 1.34. The zero-order valence-electron chi connectivity index (χ0n) is 6.25. The maximum atomic E-state index is 9.24. The maximum absolute atomic E-state index is 9.24. The molecule has 0 aliphatic rings. The number of rotatable bonds is 3. The molecule has 2 N–H and O–H groups in total. The highest BCUT2D eigenvalue weighted by atomic mass is 16.3. The molecule has 2 heteroatoms. The molecule has 0 atom stereocenters. The van der Waals surface area contributed by atoms with Crippen LogP contribution in [0, 0.1) is 0 Å². The smallest absolute Gasteiger partial charge is 0.138 e. The van der Waals surface area contributed by atoms with Crippen molar-refractivity contribution in [2.75, 3.05) is 11.9 Å². The van der Waals surface area contributed by atoms with E-state index in [0.717, 1.165) is 5.69 Å². The van der Waals surface area contributed by atoms with Gasteiger partial charge in [-0.25, -0.2) is 0 Å². The Balaban J connectivity index is 2.69. The van der Waals surface area contributed by atoms with E-state index in [4.69, 9.17) is 0 Å². The number of aromatic hydroxyl groups is 1. The summed E-state index contributed by atoms with van der Waals surface area (Å²) in [5.74, 6) is 0.273. The fraction of sp³-hybridized carbons (Fsp3) is 0.111. The van der Waals surface area contributed by atoms with Gasteiger partial charge in [-0.1, -0.05) is 18.2 Å². The van der Waals surface area contributed by atoms with Crippen molar-refractivity contribution in [3.8, 4) is 5.75 Å².